The van der Waals surface area contributed by atoms with E-state index in [9.17, 15) is 9.90 Å². The van der Waals surface area contributed by atoms with E-state index in [1.807, 2.05) is 38.1 Å². The Labute approximate surface area is 192 Å². The number of aromatic nitrogens is 3. The number of benzene rings is 1. The van der Waals surface area contributed by atoms with Gasteiger partial charge in [-0.15, -0.1) is 0 Å². The van der Waals surface area contributed by atoms with Gasteiger partial charge >= 0.3 is 0 Å². The summed E-state index contributed by atoms with van der Waals surface area (Å²) in [6.07, 6.45) is -0.0247. The molecule has 1 aromatic carbocycles. The zero-order valence-electron chi connectivity index (χ0n) is 19.3. The van der Waals surface area contributed by atoms with E-state index in [0.717, 1.165) is 34.5 Å². The molecule has 176 valence electrons. The quantitative estimate of drug-likeness (QED) is 0.426. The standard InChI is InChI=1S/C24H30N4O5/c1-14(2)7-18-10-17(9-16(4)26-18)24-27-23(28-33-24)21-6-5-20(8-15(21)3)32-13-19(30)11-25-22(31)12-29/h5-6,8-10,14,19,29-30H,7,11-13H2,1-4H3,(H,25,31)/t19-/m0/s1. The first kappa shape index (κ1) is 24.3. The molecule has 33 heavy (non-hydrogen) atoms. The van der Waals surface area contributed by atoms with Crippen LogP contribution in [0, 0.1) is 19.8 Å². The summed E-state index contributed by atoms with van der Waals surface area (Å²) < 4.78 is 11.1. The zero-order chi connectivity index (χ0) is 24.0. The Kier molecular flexibility index (Phi) is 8.13. The van der Waals surface area contributed by atoms with Crippen LogP contribution in [0.5, 0.6) is 5.75 Å². The number of hydrogen-bond donors (Lipinski definition) is 3. The fraction of sp³-hybridized carbons (Fsp3) is 0.417. The lowest BCUT2D eigenvalue weighted by Crippen LogP contribution is -2.36. The van der Waals surface area contributed by atoms with Gasteiger partial charge in [0.05, 0.1) is 0 Å². The van der Waals surface area contributed by atoms with Crippen LogP contribution in [0.2, 0.25) is 0 Å². The van der Waals surface area contributed by atoms with Gasteiger partial charge in [-0.1, -0.05) is 19.0 Å². The van der Waals surface area contributed by atoms with Crippen molar-refractivity contribution < 1.29 is 24.3 Å². The molecule has 1 amide bonds. The van der Waals surface area contributed by atoms with Crippen molar-refractivity contribution in [3.8, 4) is 28.6 Å². The Hall–Kier alpha value is -3.30. The first-order valence-corrected chi connectivity index (χ1v) is 10.9. The summed E-state index contributed by atoms with van der Waals surface area (Å²) in [5.74, 6) is 1.42. The summed E-state index contributed by atoms with van der Waals surface area (Å²) in [4.78, 5) is 20.2. The SMILES string of the molecule is Cc1cc(-c2nc(-c3ccc(OC[C@@H](O)CNC(=O)CO)cc3C)no2)cc(CC(C)C)n1. The van der Waals surface area contributed by atoms with Crippen LogP contribution in [0.15, 0.2) is 34.9 Å². The maximum absolute atomic E-state index is 11.0. The Morgan fingerprint density at radius 2 is 1.97 bits per heavy atom. The minimum Gasteiger partial charge on any atom is -0.491 e. The number of nitrogens with zero attached hydrogens (tertiary/aromatic N) is 3. The number of carbonyl (C=O) groups excluding carboxylic acids is 1. The van der Waals surface area contributed by atoms with E-state index in [0.29, 0.717) is 23.4 Å². The summed E-state index contributed by atoms with van der Waals surface area (Å²) in [6.45, 7) is 7.54. The van der Waals surface area contributed by atoms with Crippen molar-refractivity contribution in [1.82, 2.24) is 20.4 Å². The maximum Gasteiger partial charge on any atom is 0.258 e. The van der Waals surface area contributed by atoms with E-state index < -0.39 is 18.6 Å². The molecule has 0 fully saturated rings. The number of nitrogens with one attached hydrogen (secondary N) is 1. The molecule has 0 aliphatic carbocycles. The van der Waals surface area contributed by atoms with E-state index in [1.54, 1.807) is 6.07 Å². The van der Waals surface area contributed by atoms with Gasteiger partial charge in [-0.3, -0.25) is 9.78 Å². The molecule has 0 spiro atoms. The number of aliphatic hydroxyl groups is 2. The maximum atomic E-state index is 11.0. The smallest absolute Gasteiger partial charge is 0.258 e. The zero-order valence-corrected chi connectivity index (χ0v) is 19.3. The lowest BCUT2D eigenvalue weighted by molar-refractivity contribution is -0.124. The molecule has 9 heteroatoms. The van der Waals surface area contributed by atoms with Crippen LogP contribution in [-0.4, -0.2) is 57.1 Å². The van der Waals surface area contributed by atoms with Crippen LogP contribution in [0.3, 0.4) is 0 Å². The van der Waals surface area contributed by atoms with Crippen LogP contribution < -0.4 is 10.1 Å². The van der Waals surface area contributed by atoms with Crippen molar-refractivity contribution in [2.75, 3.05) is 19.8 Å². The summed E-state index contributed by atoms with van der Waals surface area (Å²) >= 11 is 0. The van der Waals surface area contributed by atoms with Crippen molar-refractivity contribution in [3.05, 3.63) is 47.3 Å². The topological polar surface area (TPSA) is 131 Å². The van der Waals surface area contributed by atoms with Crippen molar-refractivity contribution in [2.24, 2.45) is 5.92 Å². The van der Waals surface area contributed by atoms with Gasteiger partial charge < -0.3 is 24.8 Å². The highest BCUT2D eigenvalue weighted by molar-refractivity contribution is 5.76. The molecule has 0 aliphatic rings. The third-order valence-corrected chi connectivity index (χ3v) is 4.86. The molecule has 1 atom stereocenters. The van der Waals surface area contributed by atoms with Gasteiger partial charge in [-0.25, -0.2) is 0 Å². The Morgan fingerprint density at radius 3 is 2.67 bits per heavy atom. The largest absolute Gasteiger partial charge is 0.491 e. The van der Waals surface area contributed by atoms with Crippen molar-refractivity contribution in [1.29, 1.82) is 0 Å². The van der Waals surface area contributed by atoms with E-state index in [2.05, 4.69) is 34.3 Å². The molecule has 0 radical (unpaired) electrons. The number of aryl methyl sites for hydroxylation is 2. The first-order chi connectivity index (χ1) is 15.7. The van der Waals surface area contributed by atoms with Gasteiger partial charge in [0.1, 0.15) is 25.1 Å². The number of pyridine rings is 1. The van der Waals surface area contributed by atoms with Crippen molar-refractivity contribution in [3.63, 3.8) is 0 Å². The average molecular weight is 455 g/mol. The Bertz CT molecular complexity index is 1100. The van der Waals surface area contributed by atoms with E-state index in [-0.39, 0.29) is 13.2 Å². The van der Waals surface area contributed by atoms with E-state index >= 15 is 0 Å². The van der Waals surface area contributed by atoms with Crippen LogP contribution in [0.25, 0.3) is 22.8 Å². The molecule has 3 aromatic rings. The summed E-state index contributed by atoms with van der Waals surface area (Å²) in [5.41, 5.74) is 4.43. The van der Waals surface area contributed by atoms with Gasteiger partial charge in [-0.05, 0) is 62.1 Å². The molecule has 0 aliphatic heterocycles. The molecule has 0 unspecified atom stereocenters. The average Bonchev–Trinajstić information content (AvgIpc) is 3.25. The number of hydrogen-bond acceptors (Lipinski definition) is 8. The van der Waals surface area contributed by atoms with E-state index in [1.165, 1.54) is 0 Å². The van der Waals surface area contributed by atoms with E-state index in [4.69, 9.17) is 14.4 Å². The van der Waals surface area contributed by atoms with Crippen LogP contribution in [-0.2, 0) is 11.2 Å². The molecular formula is C24H30N4O5. The van der Waals surface area contributed by atoms with Gasteiger partial charge in [0.15, 0.2) is 0 Å². The number of amides is 1. The minimum atomic E-state index is -0.898. The normalized spacial score (nSPS) is 12.1. The van der Waals surface area contributed by atoms with Gasteiger partial charge in [-0.2, -0.15) is 4.98 Å². The second kappa shape index (κ2) is 11.0. The van der Waals surface area contributed by atoms with Gasteiger partial charge in [0.2, 0.25) is 11.7 Å². The third-order valence-electron chi connectivity index (χ3n) is 4.86. The molecule has 3 N–H and O–H groups in total. The minimum absolute atomic E-state index is 0.00302. The van der Waals surface area contributed by atoms with Crippen molar-refractivity contribution in [2.45, 2.75) is 40.2 Å². The fourth-order valence-electron chi connectivity index (χ4n) is 3.35. The molecule has 0 saturated heterocycles. The number of aliphatic hydroxyl groups excluding tert-OH is 2. The molecule has 0 saturated carbocycles. The van der Waals surface area contributed by atoms with Crippen LogP contribution in [0.4, 0.5) is 0 Å². The number of rotatable bonds is 10. The van der Waals surface area contributed by atoms with Crippen LogP contribution in [0.1, 0.15) is 30.8 Å². The second-order valence-electron chi connectivity index (χ2n) is 8.41. The number of ether oxygens (including phenoxy) is 1. The monoisotopic (exact) mass is 454 g/mol. The molecular weight excluding hydrogens is 424 g/mol. The molecule has 3 rings (SSSR count). The second-order valence-corrected chi connectivity index (χ2v) is 8.41. The highest BCUT2D eigenvalue weighted by atomic mass is 16.5. The predicted molar refractivity (Wildman–Crippen MR) is 123 cm³/mol. The molecule has 2 heterocycles. The highest BCUT2D eigenvalue weighted by Gasteiger charge is 2.15. The predicted octanol–water partition coefficient (Wildman–Crippen LogP) is 2.46. The first-order valence-electron chi connectivity index (χ1n) is 10.9. The lowest BCUT2D eigenvalue weighted by atomic mass is 10.1. The summed E-state index contributed by atoms with van der Waals surface area (Å²) in [7, 11) is 0. The molecule has 0 bridgehead atoms. The van der Waals surface area contributed by atoms with Gasteiger partial charge in [0.25, 0.3) is 5.89 Å². The lowest BCUT2D eigenvalue weighted by Gasteiger charge is -2.13. The third kappa shape index (κ3) is 6.84. The Morgan fingerprint density at radius 1 is 1.18 bits per heavy atom. The number of carbonyl (C=O) groups is 1. The van der Waals surface area contributed by atoms with Crippen molar-refractivity contribution >= 4 is 5.91 Å². The summed E-state index contributed by atoms with van der Waals surface area (Å²) in [5, 5.41) is 25.1. The Balaban J connectivity index is 1.69. The van der Waals surface area contributed by atoms with Gasteiger partial charge in [0, 0.05) is 29.1 Å². The molecule has 2 aromatic heterocycles. The highest BCUT2D eigenvalue weighted by Crippen LogP contribution is 2.28. The molecule has 9 nitrogen and oxygen atoms in total. The van der Waals surface area contributed by atoms with Crippen LogP contribution >= 0.6 is 0 Å². The summed E-state index contributed by atoms with van der Waals surface area (Å²) in [6, 6.07) is 9.33. The fourth-order valence-corrected chi connectivity index (χ4v) is 3.35.